The molecule has 2 N–H and O–H groups in total. The van der Waals surface area contributed by atoms with Crippen molar-refractivity contribution in [3.63, 3.8) is 0 Å². The van der Waals surface area contributed by atoms with Gasteiger partial charge in [-0.3, -0.25) is 9.48 Å². The van der Waals surface area contributed by atoms with E-state index in [1.807, 2.05) is 27.8 Å². The molecule has 5 nitrogen and oxygen atoms in total. The van der Waals surface area contributed by atoms with Gasteiger partial charge in [0, 0.05) is 24.3 Å². The third kappa shape index (κ3) is 3.56. The van der Waals surface area contributed by atoms with Crippen LogP contribution in [-0.4, -0.2) is 29.3 Å². The summed E-state index contributed by atoms with van der Waals surface area (Å²) in [5, 5.41) is 10.4. The number of aromatic nitrogens is 2. The lowest BCUT2D eigenvalue weighted by atomic mass is 10.2. The molecule has 96 valence electrons. The second-order valence-corrected chi connectivity index (χ2v) is 4.19. The van der Waals surface area contributed by atoms with Gasteiger partial charge in [-0.1, -0.05) is 6.92 Å². The zero-order valence-corrected chi connectivity index (χ0v) is 11.1. The van der Waals surface area contributed by atoms with E-state index < -0.39 is 0 Å². The van der Waals surface area contributed by atoms with Crippen LogP contribution in [0, 0.1) is 13.8 Å². The number of nitrogens with one attached hydrogen (secondary N) is 2. The zero-order valence-electron chi connectivity index (χ0n) is 11.1. The fourth-order valence-corrected chi connectivity index (χ4v) is 1.78. The van der Waals surface area contributed by atoms with Gasteiger partial charge < -0.3 is 10.6 Å². The summed E-state index contributed by atoms with van der Waals surface area (Å²) < 4.78 is 1.77. The minimum absolute atomic E-state index is 0.0217. The third-order valence-corrected chi connectivity index (χ3v) is 2.75. The molecule has 1 rings (SSSR count). The SMILES string of the molecule is CCCNC(=O)Cn1nc(C)c(CNC)c1C. The topological polar surface area (TPSA) is 59.0 Å². The molecule has 0 aromatic carbocycles. The molecule has 0 aliphatic carbocycles. The minimum Gasteiger partial charge on any atom is -0.355 e. The third-order valence-electron chi connectivity index (χ3n) is 2.75. The Bertz CT molecular complexity index is 384. The number of amides is 1. The van der Waals surface area contributed by atoms with Crippen molar-refractivity contribution < 1.29 is 4.79 Å². The maximum atomic E-state index is 11.6. The van der Waals surface area contributed by atoms with Crippen LogP contribution in [0.3, 0.4) is 0 Å². The number of carbonyl (C=O) groups is 1. The van der Waals surface area contributed by atoms with E-state index in [0.717, 1.165) is 30.9 Å². The molecule has 17 heavy (non-hydrogen) atoms. The van der Waals surface area contributed by atoms with Gasteiger partial charge in [0.15, 0.2) is 0 Å². The Morgan fingerprint density at radius 2 is 2.12 bits per heavy atom. The largest absolute Gasteiger partial charge is 0.355 e. The van der Waals surface area contributed by atoms with E-state index >= 15 is 0 Å². The first-order valence-electron chi connectivity index (χ1n) is 6.04. The lowest BCUT2D eigenvalue weighted by molar-refractivity contribution is -0.121. The van der Waals surface area contributed by atoms with E-state index in [9.17, 15) is 4.79 Å². The van der Waals surface area contributed by atoms with Crippen molar-refractivity contribution in [2.75, 3.05) is 13.6 Å². The number of aryl methyl sites for hydroxylation is 1. The first-order chi connectivity index (χ1) is 8.10. The maximum absolute atomic E-state index is 11.6. The van der Waals surface area contributed by atoms with Crippen LogP contribution in [0.1, 0.15) is 30.3 Å². The summed E-state index contributed by atoms with van der Waals surface area (Å²) in [6.07, 6.45) is 0.952. The quantitative estimate of drug-likeness (QED) is 0.768. The summed E-state index contributed by atoms with van der Waals surface area (Å²) in [5.74, 6) is 0.0217. The molecule has 1 aromatic rings. The fraction of sp³-hybridized carbons (Fsp3) is 0.667. The normalized spacial score (nSPS) is 10.6. The Labute approximate surface area is 103 Å². The Kier molecular flexibility index (Phi) is 5.15. The monoisotopic (exact) mass is 238 g/mol. The Hall–Kier alpha value is -1.36. The summed E-state index contributed by atoms with van der Waals surface area (Å²) in [7, 11) is 1.91. The number of hydrogen-bond acceptors (Lipinski definition) is 3. The molecule has 0 bridgehead atoms. The van der Waals surface area contributed by atoms with Gasteiger partial charge in [-0.05, 0) is 27.3 Å². The molecule has 0 fully saturated rings. The molecule has 0 saturated carbocycles. The molecule has 1 heterocycles. The standard InChI is InChI=1S/C12H22N4O/c1-5-6-14-12(17)8-16-10(3)11(7-13-4)9(2)15-16/h13H,5-8H2,1-4H3,(H,14,17). The van der Waals surface area contributed by atoms with Crippen LogP contribution in [-0.2, 0) is 17.9 Å². The average molecular weight is 238 g/mol. The second kappa shape index (κ2) is 6.39. The molecule has 0 unspecified atom stereocenters. The van der Waals surface area contributed by atoms with Crippen molar-refractivity contribution >= 4 is 5.91 Å². The van der Waals surface area contributed by atoms with Gasteiger partial charge in [0.2, 0.25) is 5.91 Å². The van der Waals surface area contributed by atoms with Crippen molar-refractivity contribution in [1.82, 2.24) is 20.4 Å². The van der Waals surface area contributed by atoms with E-state index in [1.165, 1.54) is 5.56 Å². The predicted octanol–water partition coefficient (Wildman–Crippen LogP) is 0.746. The predicted molar refractivity (Wildman–Crippen MR) is 67.8 cm³/mol. The average Bonchev–Trinajstić information content (AvgIpc) is 2.55. The Morgan fingerprint density at radius 1 is 1.41 bits per heavy atom. The van der Waals surface area contributed by atoms with E-state index in [4.69, 9.17) is 0 Å². The molecule has 1 aromatic heterocycles. The molecule has 0 radical (unpaired) electrons. The lowest BCUT2D eigenvalue weighted by Crippen LogP contribution is -2.29. The summed E-state index contributed by atoms with van der Waals surface area (Å²) in [6.45, 7) is 7.82. The van der Waals surface area contributed by atoms with E-state index in [1.54, 1.807) is 4.68 Å². The highest BCUT2D eigenvalue weighted by Crippen LogP contribution is 2.12. The molecule has 0 aliphatic heterocycles. The van der Waals surface area contributed by atoms with Gasteiger partial charge in [-0.15, -0.1) is 0 Å². The highest BCUT2D eigenvalue weighted by Gasteiger charge is 2.12. The molecule has 0 atom stereocenters. The van der Waals surface area contributed by atoms with E-state index in [0.29, 0.717) is 6.54 Å². The Morgan fingerprint density at radius 3 is 2.71 bits per heavy atom. The second-order valence-electron chi connectivity index (χ2n) is 4.19. The highest BCUT2D eigenvalue weighted by molar-refractivity contribution is 5.75. The van der Waals surface area contributed by atoms with Gasteiger partial charge >= 0.3 is 0 Å². The number of nitrogens with zero attached hydrogens (tertiary/aromatic N) is 2. The Balaban J connectivity index is 2.71. The minimum atomic E-state index is 0.0217. The van der Waals surface area contributed by atoms with Gasteiger partial charge in [0.05, 0.1) is 5.69 Å². The number of carbonyl (C=O) groups excluding carboxylic acids is 1. The van der Waals surface area contributed by atoms with E-state index in [-0.39, 0.29) is 5.91 Å². The van der Waals surface area contributed by atoms with Crippen LogP contribution in [0.15, 0.2) is 0 Å². The smallest absolute Gasteiger partial charge is 0.241 e. The fourth-order valence-electron chi connectivity index (χ4n) is 1.78. The molecule has 0 aliphatic rings. The molecular formula is C12H22N4O. The first kappa shape index (κ1) is 13.7. The lowest BCUT2D eigenvalue weighted by Gasteiger charge is -2.06. The van der Waals surface area contributed by atoms with Gasteiger partial charge in [-0.25, -0.2) is 0 Å². The summed E-state index contributed by atoms with van der Waals surface area (Å²) in [4.78, 5) is 11.6. The van der Waals surface area contributed by atoms with Gasteiger partial charge in [-0.2, -0.15) is 5.10 Å². The molecule has 0 saturated heterocycles. The maximum Gasteiger partial charge on any atom is 0.241 e. The van der Waals surface area contributed by atoms with Crippen molar-refractivity contribution in [2.24, 2.45) is 0 Å². The molecular weight excluding hydrogens is 216 g/mol. The van der Waals surface area contributed by atoms with Gasteiger partial charge in [0.25, 0.3) is 0 Å². The summed E-state index contributed by atoms with van der Waals surface area (Å²) in [5.41, 5.74) is 3.22. The summed E-state index contributed by atoms with van der Waals surface area (Å²) in [6, 6.07) is 0. The zero-order chi connectivity index (χ0) is 12.8. The highest BCUT2D eigenvalue weighted by atomic mass is 16.2. The van der Waals surface area contributed by atoms with Crippen LogP contribution in [0.2, 0.25) is 0 Å². The first-order valence-corrected chi connectivity index (χ1v) is 6.04. The van der Waals surface area contributed by atoms with Crippen molar-refractivity contribution in [3.8, 4) is 0 Å². The van der Waals surface area contributed by atoms with Crippen LogP contribution in [0.5, 0.6) is 0 Å². The molecule has 5 heteroatoms. The summed E-state index contributed by atoms with van der Waals surface area (Å²) >= 11 is 0. The van der Waals surface area contributed by atoms with Crippen LogP contribution >= 0.6 is 0 Å². The number of rotatable bonds is 6. The van der Waals surface area contributed by atoms with Crippen LogP contribution in [0.25, 0.3) is 0 Å². The van der Waals surface area contributed by atoms with Gasteiger partial charge in [0.1, 0.15) is 6.54 Å². The van der Waals surface area contributed by atoms with E-state index in [2.05, 4.69) is 15.7 Å². The van der Waals surface area contributed by atoms with Crippen molar-refractivity contribution in [1.29, 1.82) is 0 Å². The number of hydrogen-bond donors (Lipinski definition) is 2. The molecule has 0 spiro atoms. The van der Waals surface area contributed by atoms with Crippen molar-refractivity contribution in [3.05, 3.63) is 17.0 Å². The van der Waals surface area contributed by atoms with Crippen LogP contribution < -0.4 is 10.6 Å². The van der Waals surface area contributed by atoms with Crippen LogP contribution in [0.4, 0.5) is 0 Å². The molecule has 1 amide bonds. The van der Waals surface area contributed by atoms with Crippen molar-refractivity contribution in [2.45, 2.75) is 40.3 Å².